The second kappa shape index (κ2) is 6.41. The van der Waals surface area contributed by atoms with Crippen LogP contribution < -0.4 is 5.32 Å². The molecule has 2 rings (SSSR count). The van der Waals surface area contributed by atoms with Gasteiger partial charge in [0.25, 0.3) is 0 Å². The number of carbonyl (C=O) groups is 2. The van der Waals surface area contributed by atoms with Crippen molar-refractivity contribution in [3.8, 4) is 0 Å². The number of carbonyl (C=O) groups excluding carboxylic acids is 1. The predicted octanol–water partition coefficient (Wildman–Crippen LogP) is -0.442. The molecule has 114 valence electrons. The van der Waals surface area contributed by atoms with Gasteiger partial charge >= 0.3 is 12.0 Å². The highest BCUT2D eigenvalue weighted by molar-refractivity contribution is 5.83. The fourth-order valence-corrected chi connectivity index (χ4v) is 2.97. The van der Waals surface area contributed by atoms with Crippen molar-refractivity contribution < 1.29 is 19.8 Å². The summed E-state index contributed by atoms with van der Waals surface area (Å²) in [6.07, 6.45) is 0.415. The van der Waals surface area contributed by atoms with Crippen LogP contribution in [0.2, 0.25) is 0 Å². The van der Waals surface area contributed by atoms with E-state index in [1.807, 2.05) is 0 Å². The standard InChI is InChI=1S/C13H23N3O4/c1-2-15-4-3-9(7-15)6-14-13(20)16-8-10(17)5-11(16)12(18)19/h9-11,17H,2-8H2,1H3,(H,14,20)(H,18,19). The van der Waals surface area contributed by atoms with E-state index >= 15 is 0 Å². The number of nitrogens with zero attached hydrogens (tertiary/aromatic N) is 2. The minimum atomic E-state index is -1.06. The lowest BCUT2D eigenvalue weighted by molar-refractivity contribution is -0.141. The summed E-state index contributed by atoms with van der Waals surface area (Å²) in [6.45, 7) is 5.82. The summed E-state index contributed by atoms with van der Waals surface area (Å²) in [5.41, 5.74) is 0. The van der Waals surface area contributed by atoms with Gasteiger partial charge in [0.1, 0.15) is 6.04 Å². The molecule has 0 bridgehead atoms. The molecule has 3 unspecified atom stereocenters. The number of β-amino-alcohol motifs (C(OH)–C–C–N with tert-alkyl or cyclic N) is 1. The van der Waals surface area contributed by atoms with Gasteiger partial charge in [-0.05, 0) is 25.4 Å². The fraction of sp³-hybridized carbons (Fsp3) is 0.846. The molecule has 2 fully saturated rings. The highest BCUT2D eigenvalue weighted by Gasteiger charge is 2.39. The van der Waals surface area contributed by atoms with Crippen LogP contribution in [0.5, 0.6) is 0 Å². The van der Waals surface area contributed by atoms with Crippen LogP contribution in [0, 0.1) is 5.92 Å². The molecular weight excluding hydrogens is 262 g/mol. The Morgan fingerprint density at radius 1 is 1.35 bits per heavy atom. The normalized spacial score (nSPS) is 30.7. The number of hydrogen-bond acceptors (Lipinski definition) is 4. The number of aliphatic carboxylic acids is 1. The molecule has 2 heterocycles. The van der Waals surface area contributed by atoms with E-state index < -0.39 is 18.1 Å². The van der Waals surface area contributed by atoms with E-state index in [1.165, 1.54) is 4.90 Å². The Labute approximate surface area is 118 Å². The van der Waals surface area contributed by atoms with E-state index in [0.717, 1.165) is 26.1 Å². The number of carboxylic acids is 1. The highest BCUT2D eigenvalue weighted by Crippen LogP contribution is 2.19. The monoisotopic (exact) mass is 285 g/mol. The topological polar surface area (TPSA) is 93.1 Å². The van der Waals surface area contributed by atoms with Crippen molar-refractivity contribution in [2.45, 2.75) is 31.9 Å². The van der Waals surface area contributed by atoms with Crippen molar-refractivity contribution in [1.82, 2.24) is 15.1 Å². The first kappa shape index (κ1) is 15.1. The molecule has 0 aliphatic carbocycles. The van der Waals surface area contributed by atoms with Crippen LogP contribution in [0.1, 0.15) is 19.8 Å². The number of rotatable bonds is 4. The van der Waals surface area contributed by atoms with E-state index in [0.29, 0.717) is 12.5 Å². The summed E-state index contributed by atoms with van der Waals surface area (Å²) < 4.78 is 0. The first-order valence-electron chi connectivity index (χ1n) is 7.19. The van der Waals surface area contributed by atoms with E-state index in [-0.39, 0.29) is 19.0 Å². The second-order valence-corrected chi connectivity index (χ2v) is 5.63. The molecule has 7 heteroatoms. The van der Waals surface area contributed by atoms with Gasteiger partial charge in [-0.25, -0.2) is 9.59 Å². The maximum atomic E-state index is 12.0. The van der Waals surface area contributed by atoms with Gasteiger partial charge in [0, 0.05) is 26.1 Å². The Balaban J connectivity index is 1.81. The van der Waals surface area contributed by atoms with E-state index in [9.17, 15) is 14.7 Å². The smallest absolute Gasteiger partial charge is 0.326 e. The van der Waals surface area contributed by atoms with Crippen LogP contribution in [-0.4, -0.2) is 76.9 Å². The van der Waals surface area contributed by atoms with Gasteiger partial charge in [0.05, 0.1) is 6.10 Å². The lowest BCUT2D eigenvalue weighted by Crippen LogP contribution is -2.47. The van der Waals surface area contributed by atoms with E-state index in [4.69, 9.17) is 5.11 Å². The molecule has 3 atom stereocenters. The number of likely N-dealkylation sites (tertiary alicyclic amines) is 2. The molecule has 2 aliphatic heterocycles. The summed E-state index contributed by atoms with van der Waals surface area (Å²) in [6, 6.07) is -1.30. The van der Waals surface area contributed by atoms with Crippen molar-refractivity contribution in [2.75, 3.05) is 32.7 Å². The largest absolute Gasteiger partial charge is 0.480 e. The molecule has 2 aliphatic rings. The molecule has 0 aromatic rings. The molecule has 2 saturated heterocycles. The molecule has 7 nitrogen and oxygen atoms in total. The number of nitrogens with one attached hydrogen (secondary N) is 1. The maximum absolute atomic E-state index is 12.0. The Bertz CT molecular complexity index is 377. The summed E-state index contributed by atoms with van der Waals surface area (Å²) in [5.74, 6) is -0.635. The number of hydrogen-bond donors (Lipinski definition) is 3. The minimum absolute atomic E-state index is 0.0918. The molecule has 0 aromatic heterocycles. The average Bonchev–Trinajstić information content (AvgIpc) is 3.02. The zero-order valence-corrected chi connectivity index (χ0v) is 11.8. The molecule has 0 radical (unpaired) electrons. The quantitative estimate of drug-likeness (QED) is 0.651. The van der Waals surface area contributed by atoms with Crippen LogP contribution in [0.3, 0.4) is 0 Å². The van der Waals surface area contributed by atoms with Gasteiger partial charge in [0.15, 0.2) is 0 Å². The Hall–Kier alpha value is -1.34. The lowest BCUT2D eigenvalue weighted by Gasteiger charge is -2.22. The molecular formula is C13H23N3O4. The molecule has 0 spiro atoms. The SMILES string of the molecule is CCN1CCC(CNC(=O)N2CC(O)CC2C(=O)O)C1. The van der Waals surface area contributed by atoms with Gasteiger partial charge in [0.2, 0.25) is 0 Å². The van der Waals surface area contributed by atoms with Gasteiger partial charge in [-0.3, -0.25) is 0 Å². The molecule has 0 aromatic carbocycles. The van der Waals surface area contributed by atoms with Crippen LogP contribution in [0.15, 0.2) is 0 Å². The highest BCUT2D eigenvalue weighted by atomic mass is 16.4. The number of urea groups is 1. The first-order chi connectivity index (χ1) is 9.51. The number of carboxylic acid groups (broad SMARTS) is 1. The molecule has 2 amide bonds. The summed E-state index contributed by atoms with van der Waals surface area (Å²) in [5, 5.41) is 21.4. The van der Waals surface area contributed by atoms with E-state index in [2.05, 4.69) is 17.1 Å². The van der Waals surface area contributed by atoms with Crippen molar-refractivity contribution in [1.29, 1.82) is 0 Å². The summed E-state index contributed by atoms with van der Waals surface area (Å²) >= 11 is 0. The van der Waals surface area contributed by atoms with Gasteiger partial charge in [-0.2, -0.15) is 0 Å². The Morgan fingerprint density at radius 3 is 2.70 bits per heavy atom. The Kier molecular flexibility index (Phi) is 4.82. The predicted molar refractivity (Wildman–Crippen MR) is 72.4 cm³/mol. The number of aliphatic hydroxyl groups excluding tert-OH is 1. The van der Waals surface area contributed by atoms with Crippen LogP contribution in [0.4, 0.5) is 4.79 Å². The zero-order valence-electron chi connectivity index (χ0n) is 11.8. The minimum Gasteiger partial charge on any atom is -0.480 e. The van der Waals surface area contributed by atoms with Crippen LogP contribution in [-0.2, 0) is 4.79 Å². The van der Waals surface area contributed by atoms with Gasteiger partial charge in [-0.15, -0.1) is 0 Å². The van der Waals surface area contributed by atoms with Crippen LogP contribution in [0.25, 0.3) is 0 Å². The molecule has 20 heavy (non-hydrogen) atoms. The summed E-state index contributed by atoms with van der Waals surface area (Å²) in [7, 11) is 0. The molecule has 0 saturated carbocycles. The third kappa shape index (κ3) is 3.40. The Morgan fingerprint density at radius 2 is 2.10 bits per heavy atom. The average molecular weight is 285 g/mol. The van der Waals surface area contributed by atoms with Crippen molar-refractivity contribution in [3.63, 3.8) is 0 Å². The first-order valence-corrected chi connectivity index (χ1v) is 7.19. The second-order valence-electron chi connectivity index (χ2n) is 5.63. The van der Waals surface area contributed by atoms with Gasteiger partial charge in [-0.1, -0.05) is 6.92 Å². The van der Waals surface area contributed by atoms with E-state index in [1.54, 1.807) is 0 Å². The zero-order chi connectivity index (χ0) is 14.7. The van der Waals surface area contributed by atoms with Crippen LogP contribution >= 0.6 is 0 Å². The van der Waals surface area contributed by atoms with Gasteiger partial charge < -0.3 is 25.3 Å². The van der Waals surface area contributed by atoms with Crippen molar-refractivity contribution in [3.05, 3.63) is 0 Å². The third-order valence-electron chi connectivity index (χ3n) is 4.18. The lowest BCUT2D eigenvalue weighted by atomic mass is 10.1. The number of aliphatic hydroxyl groups is 1. The molecule has 3 N–H and O–H groups in total. The fourth-order valence-electron chi connectivity index (χ4n) is 2.97. The maximum Gasteiger partial charge on any atom is 0.326 e. The number of amides is 2. The third-order valence-corrected chi connectivity index (χ3v) is 4.18. The summed E-state index contributed by atoms with van der Waals surface area (Å²) in [4.78, 5) is 26.7. The van der Waals surface area contributed by atoms with Crippen molar-refractivity contribution >= 4 is 12.0 Å². The van der Waals surface area contributed by atoms with Crippen molar-refractivity contribution in [2.24, 2.45) is 5.92 Å².